The summed E-state index contributed by atoms with van der Waals surface area (Å²) in [5.74, 6) is 0. The van der Waals surface area contributed by atoms with Gasteiger partial charge in [0, 0.05) is 6.42 Å². The summed E-state index contributed by atoms with van der Waals surface area (Å²) in [5.41, 5.74) is 2.65. The molecule has 0 aliphatic carbocycles. The van der Waals surface area contributed by atoms with Gasteiger partial charge >= 0.3 is 0 Å². The minimum atomic E-state index is -0.396. The van der Waals surface area contributed by atoms with E-state index in [-0.39, 0.29) is 6.10 Å². The van der Waals surface area contributed by atoms with Gasteiger partial charge in [0.25, 0.3) is 0 Å². The first kappa shape index (κ1) is 14.0. The number of rotatable bonds is 7. The zero-order valence-corrected chi connectivity index (χ0v) is 13.0. The van der Waals surface area contributed by atoms with Crippen LogP contribution in [0.3, 0.4) is 0 Å². The molecule has 0 saturated heterocycles. The van der Waals surface area contributed by atoms with E-state index in [2.05, 4.69) is 67.6 Å². The second-order valence-corrected chi connectivity index (χ2v) is 6.26. The van der Waals surface area contributed by atoms with Gasteiger partial charge in [-0.1, -0.05) is 74.0 Å². The minimum Gasteiger partial charge on any atom is -0.417 e. The number of hydrogen-bond acceptors (Lipinski definition) is 1. The molecule has 1 nitrogen and oxygen atoms in total. The van der Waals surface area contributed by atoms with E-state index in [1.54, 1.807) is 0 Å². The van der Waals surface area contributed by atoms with Crippen molar-refractivity contribution in [3.8, 4) is 0 Å². The van der Waals surface area contributed by atoms with Gasteiger partial charge in [0.05, 0.1) is 6.10 Å². The first-order valence-electron chi connectivity index (χ1n) is 7.10. The summed E-state index contributed by atoms with van der Waals surface area (Å²) in [4.78, 5) is 0. The smallest absolute Gasteiger partial charge is 0.162 e. The van der Waals surface area contributed by atoms with Crippen LogP contribution in [0.15, 0.2) is 60.7 Å². The molecule has 0 amide bonds. The molecule has 100 valence electrons. The van der Waals surface area contributed by atoms with Crippen molar-refractivity contribution in [3.63, 3.8) is 0 Å². The molecule has 0 bridgehead atoms. The van der Waals surface area contributed by atoms with E-state index in [1.165, 1.54) is 23.6 Å². The maximum absolute atomic E-state index is 6.21. The van der Waals surface area contributed by atoms with Crippen molar-refractivity contribution in [2.45, 2.75) is 31.9 Å². The molecule has 0 fully saturated rings. The average Bonchev–Trinajstić information content (AvgIpc) is 2.48. The molecule has 0 radical (unpaired) electrons. The third kappa shape index (κ3) is 4.65. The predicted octanol–water partition coefficient (Wildman–Crippen LogP) is 3.90. The molecule has 0 aliphatic heterocycles. The van der Waals surface area contributed by atoms with Crippen LogP contribution in [0.25, 0.3) is 0 Å². The Kier molecular flexibility index (Phi) is 5.85. The van der Waals surface area contributed by atoms with Gasteiger partial charge in [-0.25, -0.2) is 0 Å². The molecule has 0 heterocycles. The summed E-state index contributed by atoms with van der Waals surface area (Å²) in [6, 6.07) is 22.5. The van der Waals surface area contributed by atoms with Gasteiger partial charge in [0.15, 0.2) is 9.76 Å². The van der Waals surface area contributed by atoms with E-state index >= 15 is 0 Å². The fraction of sp³-hybridized carbons (Fsp3) is 0.294. The van der Waals surface area contributed by atoms with Crippen LogP contribution in [0, 0.1) is 0 Å². The molecule has 19 heavy (non-hydrogen) atoms. The van der Waals surface area contributed by atoms with E-state index in [0.717, 1.165) is 6.42 Å². The van der Waals surface area contributed by atoms with Gasteiger partial charge in [-0.15, -0.1) is 0 Å². The van der Waals surface area contributed by atoms with E-state index in [0.29, 0.717) is 0 Å². The molecule has 1 atom stereocenters. The van der Waals surface area contributed by atoms with Crippen LogP contribution >= 0.6 is 0 Å². The summed E-state index contributed by atoms with van der Waals surface area (Å²) in [6.45, 7) is 2.23. The zero-order chi connectivity index (χ0) is 13.3. The molecule has 2 aromatic rings. The molecule has 0 aromatic heterocycles. The van der Waals surface area contributed by atoms with Gasteiger partial charge in [-0.3, -0.25) is 0 Å². The molecule has 0 saturated carbocycles. The van der Waals surface area contributed by atoms with Crippen LogP contribution < -0.4 is 0 Å². The van der Waals surface area contributed by atoms with Crippen LogP contribution in [0.5, 0.6) is 0 Å². The van der Waals surface area contributed by atoms with Crippen LogP contribution in [0.1, 0.15) is 30.6 Å². The molecular weight excluding hydrogens is 248 g/mol. The largest absolute Gasteiger partial charge is 0.417 e. The van der Waals surface area contributed by atoms with Crippen LogP contribution in [0.2, 0.25) is 6.04 Å². The normalized spacial score (nSPS) is 12.9. The molecule has 0 aliphatic rings. The Hall–Kier alpha value is -1.38. The van der Waals surface area contributed by atoms with E-state index in [9.17, 15) is 0 Å². The summed E-state index contributed by atoms with van der Waals surface area (Å²) in [6.07, 6.45) is 2.43. The second-order valence-electron chi connectivity index (χ2n) is 4.81. The summed E-state index contributed by atoms with van der Waals surface area (Å²) < 4.78 is 6.21. The standard InChI is InChI=1S/C17H22OSi/c1-2-13-19-18-17(16-11-7-4-8-12-16)14-15-9-5-3-6-10-15/h3-12,17H,2,13-14,19H2,1H3. The summed E-state index contributed by atoms with van der Waals surface area (Å²) >= 11 is 0. The van der Waals surface area contributed by atoms with Crippen molar-refractivity contribution >= 4 is 9.76 Å². The van der Waals surface area contributed by atoms with Crippen molar-refractivity contribution in [3.05, 3.63) is 71.8 Å². The maximum Gasteiger partial charge on any atom is 0.162 e. The number of hydrogen-bond donors (Lipinski definition) is 0. The first-order valence-corrected chi connectivity index (χ1v) is 8.68. The van der Waals surface area contributed by atoms with Crippen molar-refractivity contribution in [1.82, 2.24) is 0 Å². The average molecular weight is 270 g/mol. The van der Waals surface area contributed by atoms with Gasteiger partial charge in [-0.05, 0) is 17.2 Å². The minimum absolute atomic E-state index is 0.224. The van der Waals surface area contributed by atoms with Gasteiger partial charge < -0.3 is 4.43 Å². The fourth-order valence-electron chi connectivity index (χ4n) is 2.14. The lowest BCUT2D eigenvalue weighted by Gasteiger charge is -2.19. The maximum atomic E-state index is 6.21. The Balaban J connectivity index is 2.06. The fourth-order valence-corrected chi connectivity index (χ4v) is 3.19. The SMILES string of the molecule is CCC[SiH2]OC(Cc1ccccc1)c1ccccc1. The molecule has 2 rings (SSSR count). The highest BCUT2D eigenvalue weighted by Crippen LogP contribution is 2.22. The summed E-state index contributed by atoms with van der Waals surface area (Å²) in [5, 5.41) is 0. The third-order valence-electron chi connectivity index (χ3n) is 3.25. The second kappa shape index (κ2) is 7.92. The Morgan fingerprint density at radius 2 is 1.58 bits per heavy atom. The van der Waals surface area contributed by atoms with Crippen molar-refractivity contribution in [1.29, 1.82) is 0 Å². The quantitative estimate of drug-likeness (QED) is 0.548. The third-order valence-corrected chi connectivity index (χ3v) is 4.89. The molecule has 2 heteroatoms. The lowest BCUT2D eigenvalue weighted by molar-refractivity contribution is 0.217. The monoisotopic (exact) mass is 270 g/mol. The first-order chi connectivity index (χ1) is 9.40. The van der Waals surface area contributed by atoms with Crippen molar-refractivity contribution in [2.75, 3.05) is 0 Å². The highest BCUT2D eigenvalue weighted by Gasteiger charge is 2.11. The predicted molar refractivity (Wildman–Crippen MR) is 84.1 cm³/mol. The Morgan fingerprint density at radius 1 is 0.947 bits per heavy atom. The lowest BCUT2D eigenvalue weighted by Crippen LogP contribution is -2.10. The molecule has 2 aromatic carbocycles. The van der Waals surface area contributed by atoms with Crippen LogP contribution in [-0.4, -0.2) is 9.76 Å². The number of benzene rings is 2. The van der Waals surface area contributed by atoms with Gasteiger partial charge in [-0.2, -0.15) is 0 Å². The molecule has 0 spiro atoms. The van der Waals surface area contributed by atoms with Crippen molar-refractivity contribution < 1.29 is 4.43 Å². The highest BCUT2D eigenvalue weighted by molar-refractivity contribution is 6.27. The Bertz CT molecular complexity index is 455. The summed E-state index contributed by atoms with van der Waals surface area (Å²) in [7, 11) is -0.396. The lowest BCUT2D eigenvalue weighted by atomic mass is 10.0. The molecule has 0 N–H and O–H groups in total. The van der Waals surface area contributed by atoms with Crippen molar-refractivity contribution in [2.24, 2.45) is 0 Å². The highest BCUT2D eigenvalue weighted by atomic mass is 28.2. The van der Waals surface area contributed by atoms with Gasteiger partial charge in [0.1, 0.15) is 0 Å². The topological polar surface area (TPSA) is 9.23 Å². The van der Waals surface area contributed by atoms with Crippen LogP contribution in [0.4, 0.5) is 0 Å². The van der Waals surface area contributed by atoms with Gasteiger partial charge in [0.2, 0.25) is 0 Å². The van der Waals surface area contributed by atoms with E-state index < -0.39 is 9.76 Å². The Labute approximate surface area is 118 Å². The molecular formula is C17H22OSi. The molecule has 1 unspecified atom stereocenters. The van der Waals surface area contributed by atoms with E-state index in [4.69, 9.17) is 4.43 Å². The Morgan fingerprint density at radius 3 is 2.21 bits per heavy atom. The zero-order valence-electron chi connectivity index (χ0n) is 11.6. The van der Waals surface area contributed by atoms with Crippen LogP contribution in [-0.2, 0) is 10.8 Å². The van der Waals surface area contributed by atoms with E-state index in [1.807, 2.05) is 0 Å².